The van der Waals surface area contributed by atoms with Crippen LogP contribution in [0.3, 0.4) is 0 Å². The standard InChI is InChI=1S/C10H13N7OS/c18-9(7-17-8-12-13-14-17)15-2-4-16(5-3-15)10-11-1-6-19-10/h1,6,8H,2-5,7H2. The first kappa shape index (κ1) is 12.0. The van der Waals surface area contributed by atoms with E-state index in [1.807, 2.05) is 10.3 Å². The minimum Gasteiger partial charge on any atom is -0.345 e. The Morgan fingerprint density at radius 2 is 2.16 bits per heavy atom. The number of hydrogen-bond acceptors (Lipinski definition) is 7. The molecule has 0 spiro atoms. The lowest BCUT2D eigenvalue weighted by atomic mass is 10.3. The molecule has 0 aromatic carbocycles. The van der Waals surface area contributed by atoms with E-state index in [0.717, 1.165) is 18.2 Å². The minimum absolute atomic E-state index is 0.0473. The lowest BCUT2D eigenvalue weighted by molar-refractivity contribution is -0.132. The topological polar surface area (TPSA) is 80.0 Å². The molecule has 0 unspecified atom stereocenters. The second kappa shape index (κ2) is 5.31. The summed E-state index contributed by atoms with van der Waals surface area (Å²) in [5.74, 6) is 0.0473. The number of anilines is 1. The zero-order valence-electron chi connectivity index (χ0n) is 10.2. The van der Waals surface area contributed by atoms with Gasteiger partial charge in [-0.3, -0.25) is 4.79 Å². The van der Waals surface area contributed by atoms with E-state index in [9.17, 15) is 4.79 Å². The Morgan fingerprint density at radius 3 is 2.79 bits per heavy atom. The van der Waals surface area contributed by atoms with Crippen LogP contribution in [-0.2, 0) is 11.3 Å². The third-order valence-electron chi connectivity index (χ3n) is 3.01. The van der Waals surface area contributed by atoms with Gasteiger partial charge in [-0.25, -0.2) is 9.67 Å². The number of amides is 1. The highest BCUT2D eigenvalue weighted by Gasteiger charge is 2.22. The van der Waals surface area contributed by atoms with Crippen molar-refractivity contribution in [3.8, 4) is 0 Å². The molecule has 100 valence electrons. The van der Waals surface area contributed by atoms with Crippen LogP contribution in [0.25, 0.3) is 0 Å². The van der Waals surface area contributed by atoms with E-state index >= 15 is 0 Å². The number of carbonyl (C=O) groups is 1. The van der Waals surface area contributed by atoms with Gasteiger partial charge in [0.25, 0.3) is 0 Å². The third kappa shape index (κ3) is 2.70. The molecule has 8 nitrogen and oxygen atoms in total. The summed E-state index contributed by atoms with van der Waals surface area (Å²) in [5, 5.41) is 13.7. The zero-order chi connectivity index (χ0) is 13.1. The van der Waals surface area contributed by atoms with E-state index in [-0.39, 0.29) is 12.5 Å². The Bertz CT molecular complexity index is 518. The maximum atomic E-state index is 12.0. The molecular weight excluding hydrogens is 266 g/mol. The second-order valence-electron chi connectivity index (χ2n) is 4.19. The van der Waals surface area contributed by atoms with Gasteiger partial charge < -0.3 is 9.80 Å². The molecule has 2 aromatic heterocycles. The molecule has 2 aromatic rings. The van der Waals surface area contributed by atoms with Crippen molar-refractivity contribution in [2.24, 2.45) is 0 Å². The number of piperazine rings is 1. The molecular formula is C10H13N7OS. The summed E-state index contributed by atoms with van der Waals surface area (Å²) >= 11 is 1.62. The van der Waals surface area contributed by atoms with E-state index in [2.05, 4.69) is 25.4 Å². The average molecular weight is 279 g/mol. The van der Waals surface area contributed by atoms with Crippen molar-refractivity contribution in [2.45, 2.75) is 6.54 Å². The quantitative estimate of drug-likeness (QED) is 0.752. The van der Waals surface area contributed by atoms with Gasteiger partial charge in [-0.05, 0) is 10.4 Å². The van der Waals surface area contributed by atoms with Crippen molar-refractivity contribution < 1.29 is 4.79 Å². The molecule has 1 saturated heterocycles. The SMILES string of the molecule is O=C(Cn1cnnn1)N1CCN(c2nccs2)CC1. The normalized spacial score (nSPS) is 15.8. The van der Waals surface area contributed by atoms with Crippen LogP contribution in [-0.4, -0.2) is 62.2 Å². The van der Waals surface area contributed by atoms with Crippen molar-refractivity contribution in [3.63, 3.8) is 0 Å². The highest BCUT2D eigenvalue weighted by atomic mass is 32.1. The van der Waals surface area contributed by atoms with Crippen LogP contribution in [0.2, 0.25) is 0 Å². The summed E-state index contributed by atoms with van der Waals surface area (Å²) in [6.07, 6.45) is 3.25. The summed E-state index contributed by atoms with van der Waals surface area (Å²) in [5.41, 5.74) is 0. The number of aromatic nitrogens is 5. The molecule has 0 N–H and O–H groups in total. The first-order valence-corrected chi connectivity index (χ1v) is 6.84. The predicted molar refractivity (Wildman–Crippen MR) is 68.7 cm³/mol. The van der Waals surface area contributed by atoms with Gasteiger partial charge in [0.2, 0.25) is 5.91 Å². The molecule has 3 rings (SSSR count). The Labute approximate surface area is 113 Å². The van der Waals surface area contributed by atoms with Gasteiger partial charge in [0.1, 0.15) is 12.9 Å². The highest BCUT2D eigenvalue weighted by molar-refractivity contribution is 7.13. The molecule has 0 aliphatic carbocycles. The maximum absolute atomic E-state index is 12.0. The smallest absolute Gasteiger partial charge is 0.244 e. The van der Waals surface area contributed by atoms with Gasteiger partial charge in [0, 0.05) is 37.8 Å². The van der Waals surface area contributed by atoms with E-state index in [1.165, 1.54) is 11.0 Å². The van der Waals surface area contributed by atoms with Crippen LogP contribution in [0.1, 0.15) is 0 Å². The van der Waals surface area contributed by atoms with Crippen LogP contribution < -0.4 is 4.90 Å². The van der Waals surface area contributed by atoms with Crippen molar-refractivity contribution in [3.05, 3.63) is 17.9 Å². The number of rotatable bonds is 3. The summed E-state index contributed by atoms with van der Waals surface area (Å²) in [7, 11) is 0. The predicted octanol–water partition coefficient (Wildman–Crippen LogP) is -0.522. The van der Waals surface area contributed by atoms with E-state index < -0.39 is 0 Å². The molecule has 1 aliphatic heterocycles. The molecule has 1 fully saturated rings. The van der Waals surface area contributed by atoms with Gasteiger partial charge in [0.05, 0.1) is 0 Å². The fourth-order valence-corrected chi connectivity index (χ4v) is 2.71. The van der Waals surface area contributed by atoms with Crippen molar-refractivity contribution in [1.29, 1.82) is 0 Å². The van der Waals surface area contributed by atoms with Gasteiger partial charge in [-0.2, -0.15) is 0 Å². The average Bonchev–Trinajstić information content (AvgIpc) is 3.12. The van der Waals surface area contributed by atoms with Crippen LogP contribution in [0, 0.1) is 0 Å². The lowest BCUT2D eigenvalue weighted by Gasteiger charge is -2.34. The first-order valence-electron chi connectivity index (χ1n) is 5.96. The van der Waals surface area contributed by atoms with Crippen LogP contribution in [0.5, 0.6) is 0 Å². The highest BCUT2D eigenvalue weighted by Crippen LogP contribution is 2.18. The van der Waals surface area contributed by atoms with E-state index in [4.69, 9.17) is 0 Å². The third-order valence-corrected chi connectivity index (χ3v) is 3.84. The van der Waals surface area contributed by atoms with Crippen molar-refractivity contribution >= 4 is 22.4 Å². The Hall–Kier alpha value is -2.03. The van der Waals surface area contributed by atoms with Gasteiger partial charge >= 0.3 is 0 Å². The number of carbonyl (C=O) groups excluding carboxylic acids is 1. The van der Waals surface area contributed by atoms with Crippen LogP contribution >= 0.6 is 11.3 Å². The Morgan fingerprint density at radius 1 is 1.32 bits per heavy atom. The second-order valence-corrected chi connectivity index (χ2v) is 5.06. The number of hydrogen-bond donors (Lipinski definition) is 0. The summed E-state index contributed by atoms with van der Waals surface area (Å²) in [6.45, 7) is 3.25. The zero-order valence-corrected chi connectivity index (χ0v) is 11.0. The van der Waals surface area contributed by atoms with Gasteiger partial charge in [0.15, 0.2) is 5.13 Å². The fourth-order valence-electron chi connectivity index (χ4n) is 2.01. The summed E-state index contributed by atoms with van der Waals surface area (Å²) in [4.78, 5) is 20.4. The summed E-state index contributed by atoms with van der Waals surface area (Å²) in [6, 6.07) is 0. The monoisotopic (exact) mass is 279 g/mol. The molecule has 1 aliphatic rings. The first-order chi connectivity index (χ1) is 9.33. The molecule has 1 amide bonds. The Balaban J connectivity index is 1.54. The van der Waals surface area contributed by atoms with Crippen LogP contribution in [0.15, 0.2) is 17.9 Å². The maximum Gasteiger partial charge on any atom is 0.244 e. The van der Waals surface area contributed by atoms with Gasteiger partial charge in [-0.15, -0.1) is 16.4 Å². The van der Waals surface area contributed by atoms with E-state index in [1.54, 1.807) is 17.5 Å². The molecule has 0 atom stereocenters. The lowest BCUT2D eigenvalue weighted by Crippen LogP contribution is -2.49. The largest absolute Gasteiger partial charge is 0.345 e. The molecule has 0 radical (unpaired) electrons. The number of thiazole rings is 1. The molecule has 0 saturated carbocycles. The molecule has 3 heterocycles. The van der Waals surface area contributed by atoms with Crippen molar-refractivity contribution in [1.82, 2.24) is 30.1 Å². The molecule has 19 heavy (non-hydrogen) atoms. The van der Waals surface area contributed by atoms with Crippen LogP contribution in [0.4, 0.5) is 5.13 Å². The van der Waals surface area contributed by atoms with Gasteiger partial charge in [-0.1, -0.05) is 0 Å². The fraction of sp³-hybridized carbons (Fsp3) is 0.500. The van der Waals surface area contributed by atoms with E-state index in [0.29, 0.717) is 13.1 Å². The minimum atomic E-state index is 0.0473. The number of nitrogens with zero attached hydrogens (tertiary/aromatic N) is 7. The Kier molecular flexibility index (Phi) is 3.36. The summed E-state index contributed by atoms with van der Waals surface area (Å²) < 4.78 is 1.44. The van der Waals surface area contributed by atoms with Crippen molar-refractivity contribution in [2.75, 3.05) is 31.1 Å². The molecule has 0 bridgehead atoms. The molecule has 9 heteroatoms. The number of tetrazole rings is 1.